The van der Waals surface area contributed by atoms with Gasteiger partial charge in [0, 0.05) is 6.42 Å². The molecule has 2 rings (SSSR count). The Kier molecular flexibility index (Phi) is 56.9. The van der Waals surface area contributed by atoms with Gasteiger partial charge in [0.05, 0.1) is 32.0 Å². The summed E-state index contributed by atoms with van der Waals surface area (Å²) in [4.78, 5) is 13.3. The molecule has 14 nitrogen and oxygen atoms in total. The van der Waals surface area contributed by atoms with Crippen LogP contribution in [0, 0.1) is 0 Å². The zero-order chi connectivity index (χ0) is 67.3. The number of nitrogens with one attached hydrogen (secondary N) is 1. The van der Waals surface area contributed by atoms with Crippen molar-refractivity contribution < 1.29 is 64.6 Å². The van der Waals surface area contributed by atoms with Gasteiger partial charge in [0.2, 0.25) is 5.91 Å². The summed E-state index contributed by atoms with van der Waals surface area (Å²) in [5, 5.41) is 87.4. The summed E-state index contributed by atoms with van der Waals surface area (Å²) in [6, 6.07) is -0.943. The van der Waals surface area contributed by atoms with Crippen LogP contribution in [-0.2, 0) is 23.7 Å². The van der Waals surface area contributed by atoms with E-state index >= 15 is 0 Å². The van der Waals surface area contributed by atoms with Crippen LogP contribution < -0.4 is 5.32 Å². The first-order valence-electron chi connectivity index (χ1n) is 37.3. The lowest BCUT2D eigenvalue weighted by atomic mass is 9.97. The molecule has 0 bridgehead atoms. The SMILES string of the molecule is CC/C=C\C/C=C\C/C=C\C/C=C\C/C=C\C/C=C\C/C=C\CCCCCCCCCCCCCCCCCCCCCC(=O)NC(COC1OC(CO)C(OC2OC(CO)C(O)C(O)C2O)C(O)C1O)C(O)/C=C/CC/C=C/CC/C=C/CCCCCCCCCC. The molecule has 1 amide bonds. The van der Waals surface area contributed by atoms with Crippen LogP contribution in [0.15, 0.2) is 122 Å². The molecule has 2 heterocycles. The molecule has 2 aliphatic heterocycles. The molecule has 0 aliphatic carbocycles. The highest BCUT2D eigenvalue weighted by Gasteiger charge is 2.51. The second-order valence-corrected chi connectivity index (χ2v) is 25.7. The van der Waals surface area contributed by atoms with Crippen LogP contribution in [0.5, 0.6) is 0 Å². The van der Waals surface area contributed by atoms with Crippen LogP contribution in [0.2, 0.25) is 0 Å². The number of aliphatic hydroxyl groups excluding tert-OH is 8. The highest BCUT2D eigenvalue weighted by molar-refractivity contribution is 5.76. The van der Waals surface area contributed by atoms with Crippen molar-refractivity contribution in [3.8, 4) is 0 Å². The van der Waals surface area contributed by atoms with E-state index in [2.05, 4.69) is 129 Å². The highest BCUT2D eigenvalue weighted by Crippen LogP contribution is 2.30. The molecule has 2 fully saturated rings. The first-order chi connectivity index (χ1) is 45.6. The monoisotopic (exact) mass is 1310 g/mol. The topological polar surface area (TPSA) is 228 Å². The standard InChI is InChI=1S/C79H135NO13/c1-3-5-7-9-11-13-15-17-19-21-23-24-25-26-27-28-29-30-31-32-33-34-35-36-37-38-39-40-41-42-43-44-45-47-49-51-53-55-57-59-61-63-71(84)80-67(68(83)62-60-58-56-54-52-50-48-46-22-20-18-16-14-12-10-8-6-4-2)66-90-78-76(89)74(87)77(70(65-82)92-78)93-79-75(88)73(86)72(85)69(64-81)91-79/h5,7,11,13,17,19,22-24,26-27,29-30,32-33,46,52,54,60,62,67-70,72-79,81-83,85-89H,3-4,6,8-10,12,14-16,18,20-21,25,28,31,34-45,47-51,53,55-59,61,63-66H2,1-2H3,(H,80,84)/b7-5-,13-11-,19-17-,24-23-,27-26-,30-29-,33-32-,46-22+,54-52+,62-60+. The molecule has 0 saturated carbocycles. The van der Waals surface area contributed by atoms with Crippen molar-refractivity contribution in [2.45, 2.75) is 351 Å². The molecule has 12 atom stereocenters. The smallest absolute Gasteiger partial charge is 0.220 e. The van der Waals surface area contributed by atoms with Gasteiger partial charge in [-0.25, -0.2) is 0 Å². The maximum absolute atomic E-state index is 13.3. The Hall–Kier alpha value is -3.61. The number of hydrogen-bond acceptors (Lipinski definition) is 13. The number of ether oxygens (including phenoxy) is 4. The van der Waals surface area contributed by atoms with Crippen LogP contribution >= 0.6 is 0 Å². The maximum Gasteiger partial charge on any atom is 0.220 e. The van der Waals surface area contributed by atoms with Gasteiger partial charge in [-0.2, -0.15) is 0 Å². The molecule has 0 spiro atoms. The van der Waals surface area contributed by atoms with Crippen molar-refractivity contribution in [3.05, 3.63) is 122 Å². The Labute approximate surface area is 565 Å². The second kappa shape index (κ2) is 61.9. The molecule has 0 aromatic carbocycles. The van der Waals surface area contributed by atoms with Crippen LogP contribution in [0.1, 0.15) is 277 Å². The van der Waals surface area contributed by atoms with Crippen LogP contribution in [-0.4, -0.2) is 140 Å². The fourth-order valence-electron chi connectivity index (χ4n) is 11.5. The van der Waals surface area contributed by atoms with Gasteiger partial charge in [-0.15, -0.1) is 0 Å². The summed E-state index contributed by atoms with van der Waals surface area (Å²) in [6.45, 7) is 2.66. The summed E-state index contributed by atoms with van der Waals surface area (Å²) < 4.78 is 22.8. The summed E-state index contributed by atoms with van der Waals surface area (Å²) in [5.41, 5.74) is 0. The Morgan fingerprint density at radius 3 is 1.18 bits per heavy atom. The summed E-state index contributed by atoms with van der Waals surface area (Å²) in [7, 11) is 0. The van der Waals surface area contributed by atoms with Gasteiger partial charge in [0.25, 0.3) is 0 Å². The lowest BCUT2D eigenvalue weighted by Crippen LogP contribution is -2.65. The first kappa shape index (κ1) is 85.5. The lowest BCUT2D eigenvalue weighted by Gasteiger charge is -2.46. The lowest BCUT2D eigenvalue weighted by molar-refractivity contribution is -0.359. The van der Waals surface area contributed by atoms with Crippen molar-refractivity contribution in [2.75, 3.05) is 19.8 Å². The van der Waals surface area contributed by atoms with Crippen molar-refractivity contribution in [3.63, 3.8) is 0 Å². The number of aliphatic hydroxyl groups is 8. The van der Waals surface area contributed by atoms with Gasteiger partial charge in [-0.3, -0.25) is 4.79 Å². The van der Waals surface area contributed by atoms with Gasteiger partial charge in [0.15, 0.2) is 12.6 Å². The van der Waals surface area contributed by atoms with Crippen LogP contribution in [0.4, 0.5) is 0 Å². The van der Waals surface area contributed by atoms with Gasteiger partial charge in [-0.05, 0) is 103 Å². The van der Waals surface area contributed by atoms with Gasteiger partial charge >= 0.3 is 0 Å². The largest absolute Gasteiger partial charge is 0.394 e. The van der Waals surface area contributed by atoms with Crippen molar-refractivity contribution >= 4 is 5.91 Å². The summed E-state index contributed by atoms with van der Waals surface area (Å²) in [6.07, 6.45) is 74.1. The Morgan fingerprint density at radius 1 is 0.398 bits per heavy atom. The molecular formula is C79H135NO13. The third-order valence-corrected chi connectivity index (χ3v) is 17.4. The zero-order valence-electron chi connectivity index (χ0n) is 58.2. The van der Waals surface area contributed by atoms with E-state index in [0.717, 1.165) is 89.9 Å². The van der Waals surface area contributed by atoms with E-state index in [4.69, 9.17) is 18.9 Å². The van der Waals surface area contributed by atoms with E-state index in [-0.39, 0.29) is 18.9 Å². The number of carbonyl (C=O) groups is 1. The predicted octanol–water partition coefficient (Wildman–Crippen LogP) is 16.1. The Balaban J connectivity index is 1.59. The van der Waals surface area contributed by atoms with Crippen molar-refractivity contribution in [2.24, 2.45) is 0 Å². The molecule has 534 valence electrons. The number of unbranched alkanes of at least 4 members (excludes halogenated alkanes) is 29. The number of amides is 1. The van der Waals surface area contributed by atoms with E-state index in [1.807, 2.05) is 6.08 Å². The zero-order valence-corrected chi connectivity index (χ0v) is 58.2. The van der Waals surface area contributed by atoms with E-state index in [1.165, 1.54) is 154 Å². The van der Waals surface area contributed by atoms with E-state index in [0.29, 0.717) is 12.8 Å². The number of rotatable bonds is 60. The molecule has 2 aliphatic rings. The average molecular weight is 1310 g/mol. The van der Waals surface area contributed by atoms with Crippen molar-refractivity contribution in [1.29, 1.82) is 0 Å². The average Bonchev–Trinajstić information content (AvgIpc) is 0.958. The first-order valence-corrected chi connectivity index (χ1v) is 37.3. The Morgan fingerprint density at radius 2 is 0.753 bits per heavy atom. The van der Waals surface area contributed by atoms with Crippen LogP contribution in [0.3, 0.4) is 0 Å². The van der Waals surface area contributed by atoms with Gasteiger partial charge < -0.3 is 65.1 Å². The van der Waals surface area contributed by atoms with E-state index in [1.54, 1.807) is 6.08 Å². The summed E-state index contributed by atoms with van der Waals surface area (Å²) >= 11 is 0. The van der Waals surface area contributed by atoms with E-state index < -0.39 is 86.8 Å². The number of hydrogen-bond donors (Lipinski definition) is 9. The fraction of sp³-hybridized carbons (Fsp3) is 0.734. The minimum atomic E-state index is -1.80. The molecule has 93 heavy (non-hydrogen) atoms. The normalized spacial score (nSPS) is 23.3. The third kappa shape index (κ3) is 45.5. The highest BCUT2D eigenvalue weighted by atomic mass is 16.7. The number of carbonyl (C=O) groups excluding carboxylic acids is 1. The van der Waals surface area contributed by atoms with E-state index in [9.17, 15) is 45.6 Å². The fourth-order valence-corrected chi connectivity index (χ4v) is 11.5. The molecule has 0 radical (unpaired) electrons. The molecular weight excluding hydrogens is 1170 g/mol. The quantitative estimate of drug-likeness (QED) is 0.0204. The molecule has 14 heteroatoms. The Bertz CT molecular complexity index is 2030. The van der Waals surface area contributed by atoms with Crippen LogP contribution in [0.25, 0.3) is 0 Å². The third-order valence-electron chi connectivity index (χ3n) is 17.4. The molecule has 0 aromatic rings. The molecule has 12 unspecified atom stereocenters. The van der Waals surface area contributed by atoms with Gasteiger partial charge in [0.1, 0.15) is 48.8 Å². The predicted molar refractivity (Wildman–Crippen MR) is 382 cm³/mol. The van der Waals surface area contributed by atoms with Crippen molar-refractivity contribution in [1.82, 2.24) is 5.32 Å². The number of allylic oxidation sites excluding steroid dienone is 19. The molecule has 0 aromatic heterocycles. The summed E-state index contributed by atoms with van der Waals surface area (Å²) in [5.74, 6) is -0.254. The maximum atomic E-state index is 13.3. The molecule has 9 N–H and O–H groups in total. The minimum absolute atomic E-state index is 0.254. The second-order valence-electron chi connectivity index (χ2n) is 25.7. The minimum Gasteiger partial charge on any atom is -0.394 e. The van der Waals surface area contributed by atoms with Gasteiger partial charge in [-0.1, -0.05) is 289 Å². The molecule has 2 saturated heterocycles.